The van der Waals surface area contributed by atoms with E-state index in [-0.39, 0.29) is 0 Å². The molecule has 0 spiro atoms. The molecule has 0 aromatic carbocycles. The topological polar surface area (TPSA) is 0 Å². The van der Waals surface area contributed by atoms with Crippen LogP contribution in [-0.4, -0.2) is 6.18 Å². The molecule has 0 aliphatic heterocycles. The number of halogens is 3. The summed E-state index contributed by atoms with van der Waals surface area (Å²) in [6.07, 6.45) is 5.07. The Bertz CT molecular complexity index is 703. The van der Waals surface area contributed by atoms with Crippen molar-refractivity contribution in [3.8, 4) is 0 Å². The first-order chi connectivity index (χ1) is 13.5. The van der Waals surface area contributed by atoms with Gasteiger partial charge in [0.15, 0.2) is 0 Å². The normalized spacial score (nSPS) is 15.8. The van der Waals surface area contributed by atoms with Crippen molar-refractivity contribution < 1.29 is 13.2 Å². The van der Waals surface area contributed by atoms with Crippen LogP contribution in [0.1, 0.15) is 81.1 Å². The van der Waals surface area contributed by atoms with Crippen LogP contribution in [0.5, 0.6) is 0 Å². The van der Waals surface area contributed by atoms with Gasteiger partial charge in [0.25, 0.3) is 0 Å². The van der Waals surface area contributed by atoms with E-state index in [1.807, 2.05) is 61.5 Å². The number of allylic oxidation sites excluding steroid dienone is 11. The molecule has 1 atom stereocenters. The number of hydrogen-bond donors (Lipinski definition) is 0. The highest BCUT2D eigenvalue weighted by molar-refractivity contribution is 5.56. The van der Waals surface area contributed by atoms with Gasteiger partial charge >= 0.3 is 6.18 Å². The first-order valence-electron chi connectivity index (χ1n) is 10.5. The highest BCUT2D eigenvalue weighted by Gasteiger charge is 2.42. The highest BCUT2D eigenvalue weighted by atomic mass is 19.4. The third-order valence-corrected chi connectivity index (χ3v) is 5.38. The second kappa shape index (κ2) is 12.7. The molecule has 0 fully saturated rings. The van der Waals surface area contributed by atoms with E-state index in [9.17, 15) is 13.2 Å². The van der Waals surface area contributed by atoms with Crippen molar-refractivity contribution >= 4 is 0 Å². The Morgan fingerprint density at radius 1 is 1.03 bits per heavy atom. The Kier molecular flexibility index (Phi) is 11.9. The van der Waals surface area contributed by atoms with Crippen LogP contribution in [0.2, 0.25) is 0 Å². The summed E-state index contributed by atoms with van der Waals surface area (Å²) < 4.78 is 43.0. The largest absolute Gasteiger partial charge is 0.399 e. The Hall–Kier alpha value is -1.77. The zero-order valence-electron chi connectivity index (χ0n) is 19.6. The third-order valence-electron chi connectivity index (χ3n) is 5.38. The lowest BCUT2D eigenvalue weighted by Crippen LogP contribution is -2.26. The van der Waals surface area contributed by atoms with Gasteiger partial charge in [-0.2, -0.15) is 13.2 Å². The molecule has 0 N–H and O–H groups in total. The fourth-order valence-electron chi connectivity index (χ4n) is 3.27. The summed E-state index contributed by atoms with van der Waals surface area (Å²) in [7, 11) is 0. The van der Waals surface area contributed by atoms with Gasteiger partial charge in [-0.05, 0) is 83.1 Å². The van der Waals surface area contributed by atoms with Gasteiger partial charge in [0.05, 0.1) is 5.92 Å². The molecular weight excluding hydrogens is 369 g/mol. The molecule has 0 nitrogen and oxygen atoms in total. The molecule has 0 radical (unpaired) electrons. The molecule has 0 saturated carbocycles. The van der Waals surface area contributed by atoms with Gasteiger partial charge in [-0.3, -0.25) is 0 Å². The minimum Gasteiger partial charge on any atom is -0.170 e. The van der Waals surface area contributed by atoms with E-state index >= 15 is 0 Å². The lowest BCUT2D eigenvalue weighted by molar-refractivity contribution is -0.151. The highest BCUT2D eigenvalue weighted by Crippen LogP contribution is 2.43. The van der Waals surface area contributed by atoms with Crippen molar-refractivity contribution in [1.82, 2.24) is 0 Å². The summed E-state index contributed by atoms with van der Waals surface area (Å²) in [5.74, 6) is -1.67. The van der Waals surface area contributed by atoms with Gasteiger partial charge in [-0.1, -0.05) is 67.9 Å². The average Bonchev–Trinajstić information content (AvgIpc) is 2.65. The second-order valence-electron chi connectivity index (χ2n) is 7.79. The van der Waals surface area contributed by atoms with Crippen LogP contribution in [0.25, 0.3) is 0 Å². The zero-order chi connectivity index (χ0) is 22.8. The maximum Gasteiger partial charge on any atom is 0.399 e. The van der Waals surface area contributed by atoms with Crippen LogP contribution in [0.15, 0.2) is 69.9 Å². The van der Waals surface area contributed by atoms with Crippen molar-refractivity contribution in [3.63, 3.8) is 0 Å². The molecule has 0 bridgehead atoms. The zero-order valence-corrected chi connectivity index (χ0v) is 19.6. The molecule has 0 aliphatic rings. The van der Waals surface area contributed by atoms with E-state index in [1.165, 1.54) is 6.08 Å². The van der Waals surface area contributed by atoms with Crippen LogP contribution in [-0.2, 0) is 0 Å². The van der Waals surface area contributed by atoms with Crippen molar-refractivity contribution in [2.24, 2.45) is 5.92 Å². The fourth-order valence-corrected chi connectivity index (χ4v) is 3.27. The Morgan fingerprint density at radius 2 is 1.62 bits per heavy atom. The summed E-state index contributed by atoms with van der Waals surface area (Å²) >= 11 is 0. The van der Waals surface area contributed by atoms with E-state index in [2.05, 4.69) is 6.58 Å². The quantitative estimate of drug-likeness (QED) is 0.316. The van der Waals surface area contributed by atoms with Crippen LogP contribution < -0.4 is 0 Å². The van der Waals surface area contributed by atoms with Crippen LogP contribution >= 0.6 is 0 Å². The molecule has 0 heterocycles. The first-order valence-corrected chi connectivity index (χ1v) is 10.5. The molecule has 3 heteroatoms. The summed E-state index contributed by atoms with van der Waals surface area (Å²) in [6, 6.07) is 0. The number of unbranched alkanes of at least 4 members (excludes halogenated alkanes) is 1. The van der Waals surface area contributed by atoms with E-state index < -0.39 is 12.1 Å². The van der Waals surface area contributed by atoms with Crippen LogP contribution in [0, 0.1) is 5.92 Å². The maximum atomic E-state index is 14.3. The lowest BCUT2D eigenvalue weighted by atomic mass is 9.79. The van der Waals surface area contributed by atoms with Gasteiger partial charge in [0, 0.05) is 0 Å². The Balaban J connectivity index is 7.18. The standard InChI is InChI=1S/C26H39F3/c1-10-14-15-22(13-4)25(24(18(5)6)21(9)20(8)12-3)23(26(27,28)29)17-16-19(7)11-2/h11,13,16-17,23H,4,10,12,14-15H2,1-3,5-9H3/b17-16?,19-11+,21-20+,25-22+. The molecule has 29 heavy (non-hydrogen) atoms. The molecule has 1 unspecified atom stereocenters. The van der Waals surface area contributed by atoms with Gasteiger partial charge in [0.2, 0.25) is 0 Å². The fraction of sp³-hybridized carbons (Fsp3) is 0.538. The molecule has 0 amide bonds. The maximum absolute atomic E-state index is 14.3. The van der Waals surface area contributed by atoms with Gasteiger partial charge < -0.3 is 0 Å². The number of hydrogen-bond acceptors (Lipinski definition) is 0. The van der Waals surface area contributed by atoms with E-state index in [0.29, 0.717) is 17.6 Å². The SMILES string of the molecule is C=C/C(CCCC)=C(\C(=C(C)C)/C(C)=C(\C)CC)C(C=C/C(C)=C/C)C(F)(F)F. The van der Waals surface area contributed by atoms with Crippen molar-refractivity contribution in [1.29, 1.82) is 0 Å². The van der Waals surface area contributed by atoms with Crippen molar-refractivity contribution in [2.75, 3.05) is 0 Å². The first kappa shape index (κ1) is 27.2. The minimum atomic E-state index is -4.39. The predicted octanol–water partition coefficient (Wildman–Crippen LogP) is 9.44. The Morgan fingerprint density at radius 3 is 2.00 bits per heavy atom. The van der Waals surface area contributed by atoms with Crippen LogP contribution in [0.4, 0.5) is 13.2 Å². The van der Waals surface area contributed by atoms with E-state index in [1.54, 1.807) is 12.2 Å². The molecule has 164 valence electrons. The average molecular weight is 409 g/mol. The van der Waals surface area contributed by atoms with Gasteiger partial charge in [-0.15, -0.1) is 0 Å². The van der Waals surface area contributed by atoms with Gasteiger partial charge in [0.1, 0.15) is 0 Å². The van der Waals surface area contributed by atoms with E-state index in [0.717, 1.165) is 47.1 Å². The molecular formula is C26H39F3. The van der Waals surface area contributed by atoms with Crippen LogP contribution in [0.3, 0.4) is 0 Å². The Labute approximate surface area is 176 Å². The molecule has 0 aromatic heterocycles. The smallest absolute Gasteiger partial charge is 0.170 e. The number of alkyl halides is 3. The summed E-state index contributed by atoms with van der Waals surface area (Å²) in [4.78, 5) is 0. The summed E-state index contributed by atoms with van der Waals surface area (Å²) in [5.41, 5.74) is 5.51. The molecule has 0 rings (SSSR count). The molecule has 0 aromatic rings. The van der Waals surface area contributed by atoms with Gasteiger partial charge in [-0.25, -0.2) is 0 Å². The number of rotatable bonds is 10. The second-order valence-corrected chi connectivity index (χ2v) is 7.79. The van der Waals surface area contributed by atoms with Crippen molar-refractivity contribution in [3.05, 3.63) is 69.9 Å². The minimum absolute atomic E-state index is 0.353. The molecule has 0 aliphatic carbocycles. The monoisotopic (exact) mass is 408 g/mol. The summed E-state index contributed by atoms with van der Waals surface area (Å²) in [6.45, 7) is 19.3. The lowest BCUT2D eigenvalue weighted by Gasteiger charge is -2.28. The predicted molar refractivity (Wildman–Crippen MR) is 122 cm³/mol. The molecule has 0 saturated heterocycles. The summed E-state index contributed by atoms with van der Waals surface area (Å²) in [5, 5.41) is 0. The van der Waals surface area contributed by atoms with E-state index in [4.69, 9.17) is 0 Å². The van der Waals surface area contributed by atoms with Crippen molar-refractivity contribution in [2.45, 2.75) is 87.2 Å². The third kappa shape index (κ3) is 8.24.